The fourth-order valence-electron chi connectivity index (χ4n) is 5.99. The van der Waals surface area contributed by atoms with Gasteiger partial charge in [0, 0.05) is 23.3 Å². The van der Waals surface area contributed by atoms with Crippen molar-refractivity contribution < 1.29 is 66.4 Å². The van der Waals surface area contributed by atoms with Crippen LogP contribution in [0.3, 0.4) is 0 Å². The van der Waals surface area contributed by atoms with Crippen LogP contribution in [0.25, 0.3) is 44.6 Å². The van der Waals surface area contributed by atoms with Crippen LogP contribution in [0.2, 0.25) is 0 Å². The average molecular weight is 777 g/mol. The molecule has 0 bridgehead atoms. The summed E-state index contributed by atoms with van der Waals surface area (Å²) in [5, 5.41) is 20.9. The molecule has 0 aliphatic rings. The van der Waals surface area contributed by atoms with Gasteiger partial charge >= 0.3 is 0 Å². The molecule has 2 aromatic heterocycles. The van der Waals surface area contributed by atoms with Gasteiger partial charge in [-0.05, 0) is 36.4 Å². The van der Waals surface area contributed by atoms with Gasteiger partial charge in [-0.15, -0.1) is 0 Å². The van der Waals surface area contributed by atoms with Crippen molar-refractivity contribution in [3.63, 3.8) is 0 Å². The molecule has 56 heavy (non-hydrogen) atoms. The van der Waals surface area contributed by atoms with E-state index in [4.69, 9.17) is 56.2 Å². The van der Waals surface area contributed by atoms with Crippen LogP contribution < -0.4 is 58.2 Å². The fourth-order valence-corrected chi connectivity index (χ4v) is 5.99. The van der Waals surface area contributed by atoms with Crippen molar-refractivity contribution in [2.45, 2.75) is 0 Å². The SMILES string of the molecule is COc1ccc(-c2cc(=O)c3c(O)c(OC)c(OC)c(OC)c3o2)cc1OC.COc1ccc(-c2cc(=O)c3c(O)c(OC)c(OC)c(OC)c3o2)cc1OC. The van der Waals surface area contributed by atoms with Crippen LogP contribution in [-0.2, 0) is 0 Å². The van der Waals surface area contributed by atoms with E-state index >= 15 is 0 Å². The molecular formula is C40H40O16. The van der Waals surface area contributed by atoms with Gasteiger partial charge in [-0.3, -0.25) is 9.59 Å². The zero-order chi connectivity index (χ0) is 40.8. The number of hydrogen-bond acceptors (Lipinski definition) is 16. The number of methoxy groups -OCH3 is 10. The normalized spacial score (nSPS) is 10.6. The number of rotatable bonds is 12. The lowest BCUT2D eigenvalue weighted by atomic mass is 10.1. The summed E-state index contributed by atoms with van der Waals surface area (Å²) >= 11 is 0. The van der Waals surface area contributed by atoms with Crippen LogP contribution in [-0.4, -0.2) is 81.3 Å². The average Bonchev–Trinajstić information content (AvgIpc) is 3.22. The summed E-state index contributed by atoms with van der Waals surface area (Å²) in [6, 6.07) is 12.7. The van der Waals surface area contributed by atoms with Crippen molar-refractivity contribution in [2.75, 3.05) is 71.1 Å². The van der Waals surface area contributed by atoms with E-state index in [0.717, 1.165) is 0 Å². The van der Waals surface area contributed by atoms with Gasteiger partial charge in [0.2, 0.25) is 34.5 Å². The first-order valence-electron chi connectivity index (χ1n) is 16.4. The van der Waals surface area contributed by atoms with Gasteiger partial charge in [-0.1, -0.05) is 0 Å². The Kier molecular flexibility index (Phi) is 12.1. The van der Waals surface area contributed by atoms with Gasteiger partial charge in [0.05, 0.1) is 71.1 Å². The summed E-state index contributed by atoms with van der Waals surface area (Å²) in [5.41, 5.74) is 0.288. The number of fused-ring (bicyclic) bond motifs is 2. The molecule has 0 fully saturated rings. The highest BCUT2D eigenvalue weighted by atomic mass is 16.5. The Morgan fingerprint density at radius 2 is 0.714 bits per heavy atom. The summed E-state index contributed by atoms with van der Waals surface area (Å²) in [6.45, 7) is 0. The van der Waals surface area contributed by atoms with Crippen LogP contribution in [0.15, 0.2) is 67.0 Å². The lowest BCUT2D eigenvalue weighted by Gasteiger charge is -2.16. The molecule has 0 amide bonds. The van der Waals surface area contributed by atoms with Gasteiger partial charge in [-0.2, -0.15) is 0 Å². The number of ether oxygens (including phenoxy) is 10. The molecule has 296 valence electrons. The molecule has 0 unspecified atom stereocenters. The largest absolute Gasteiger partial charge is 0.504 e. The molecule has 16 nitrogen and oxygen atoms in total. The second-order valence-electron chi connectivity index (χ2n) is 11.4. The third-order valence-corrected chi connectivity index (χ3v) is 8.60. The Morgan fingerprint density at radius 1 is 0.393 bits per heavy atom. The zero-order valence-electron chi connectivity index (χ0n) is 32.2. The molecule has 2 heterocycles. The minimum atomic E-state index is -0.470. The monoisotopic (exact) mass is 776 g/mol. The van der Waals surface area contributed by atoms with E-state index in [1.807, 2.05) is 0 Å². The van der Waals surface area contributed by atoms with Gasteiger partial charge in [0.15, 0.2) is 56.5 Å². The van der Waals surface area contributed by atoms with Gasteiger partial charge in [0.1, 0.15) is 22.3 Å². The molecule has 0 aliphatic carbocycles. The molecule has 4 aromatic carbocycles. The highest BCUT2D eigenvalue weighted by Gasteiger charge is 2.28. The first-order valence-corrected chi connectivity index (χ1v) is 16.4. The topological polar surface area (TPSA) is 193 Å². The quantitative estimate of drug-likeness (QED) is 0.138. The standard InChI is InChI=1S/2C20H20O8/c2*1-23-12-7-6-10(8-14(12)24-2)13-9-11(21)15-16(22)18(25-3)20(27-5)19(26-4)17(15)28-13/h2*6-9,22H,1-5H3. The zero-order valence-corrected chi connectivity index (χ0v) is 32.2. The van der Waals surface area contributed by atoms with Gasteiger partial charge in [0.25, 0.3) is 0 Å². The van der Waals surface area contributed by atoms with Crippen LogP contribution in [0.4, 0.5) is 0 Å². The number of hydrogen-bond donors (Lipinski definition) is 2. The summed E-state index contributed by atoms with van der Waals surface area (Å²) in [7, 11) is 14.4. The number of benzene rings is 4. The summed E-state index contributed by atoms with van der Waals surface area (Å²) in [4.78, 5) is 25.6. The van der Waals surface area contributed by atoms with Crippen molar-refractivity contribution in [3.05, 3.63) is 69.0 Å². The molecule has 0 saturated carbocycles. The smallest absolute Gasteiger partial charge is 0.211 e. The second-order valence-corrected chi connectivity index (χ2v) is 11.4. The van der Waals surface area contributed by atoms with Crippen LogP contribution in [0, 0.1) is 0 Å². The fraction of sp³-hybridized carbons (Fsp3) is 0.250. The van der Waals surface area contributed by atoms with Gasteiger partial charge < -0.3 is 66.4 Å². The van der Waals surface area contributed by atoms with Crippen molar-refractivity contribution >= 4 is 21.9 Å². The van der Waals surface area contributed by atoms with Gasteiger partial charge in [-0.25, -0.2) is 0 Å². The number of phenols is 2. The Balaban J connectivity index is 0.000000214. The summed E-state index contributed by atoms with van der Waals surface area (Å²) in [5.74, 6) is 2.22. The highest BCUT2D eigenvalue weighted by molar-refractivity contribution is 5.96. The van der Waals surface area contributed by atoms with Crippen molar-refractivity contribution in [3.8, 4) is 91.6 Å². The molecule has 0 spiro atoms. The third kappa shape index (κ3) is 6.99. The molecule has 6 rings (SSSR count). The van der Waals surface area contributed by atoms with E-state index in [9.17, 15) is 19.8 Å². The molecule has 0 radical (unpaired) electrons. The molecule has 0 aliphatic heterocycles. The number of aromatic hydroxyl groups is 2. The molecule has 2 N–H and O–H groups in total. The van der Waals surface area contributed by atoms with Crippen LogP contribution in [0.5, 0.6) is 69.0 Å². The van der Waals surface area contributed by atoms with Crippen LogP contribution >= 0.6 is 0 Å². The lowest BCUT2D eigenvalue weighted by molar-refractivity contribution is 0.311. The maximum absolute atomic E-state index is 12.8. The first-order chi connectivity index (χ1) is 27.0. The Morgan fingerprint density at radius 3 is 1.00 bits per heavy atom. The van der Waals surface area contributed by atoms with E-state index < -0.39 is 10.9 Å². The maximum Gasteiger partial charge on any atom is 0.211 e. The van der Waals surface area contributed by atoms with E-state index in [-0.39, 0.29) is 79.5 Å². The van der Waals surface area contributed by atoms with Crippen LogP contribution in [0.1, 0.15) is 0 Å². The molecule has 0 atom stereocenters. The predicted molar refractivity (Wildman–Crippen MR) is 205 cm³/mol. The molecule has 6 aromatic rings. The Labute approximate surface area is 319 Å². The van der Waals surface area contributed by atoms with E-state index in [2.05, 4.69) is 0 Å². The third-order valence-electron chi connectivity index (χ3n) is 8.60. The minimum Gasteiger partial charge on any atom is -0.504 e. The molecule has 16 heteroatoms. The minimum absolute atomic E-state index is 0.0157. The molecular weight excluding hydrogens is 736 g/mol. The Bertz CT molecular complexity index is 2340. The van der Waals surface area contributed by atoms with E-state index in [0.29, 0.717) is 34.1 Å². The maximum atomic E-state index is 12.8. The van der Waals surface area contributed by atoms with Crippen molar-refractivity contribution in [1.29, 1.82) is 0 Å². The predicted octanol–water partition coefficient (Wildman–Crippen LogP) is 6.42. The van der Waals surface area contributed by atoms with Crippen molar-refractivity contribution in [1.82, 2.24) is 0 Å². The molecule has 0 saturated heterocycles. The highest BCUT2D eigenvalue weighted by Crippen LogP contribution is 2.51. The summed E-state index contributed by atoms with van der Waals surface area (Å²) < 4.78 is 64.6. The Hall–Kier alpha value is -7.10. The first kappa shape index (κ1) is 40.1. The van der Waals surface area contributed by atoms with E-state index in [1.165, 1.54) is 83.2 Å². The lowest BCUT2D eigenvalue weighted by Crippen LogP contribution is -2.05. The number of phenolic OH excluding ortho intramolecular Hbond substituents is 2. The van der Waals surface area contributed by atoms with Crippen molar-refractivity contribution in [2.24, 2.45) is 0 Å². The van der Waals surface area contributed by atoms with E-state index in [1.54, 1.807) is 36.4 Å². The second kappa shape index (κ2) is 16.9. The summed E-state index contributed by atoms with van der Waals surface area (Å²) in [6.07, 6.45) is 0.